The van der Waals surface area contributed by atoms with Crippen molar-refractivity contribution in [3.63, 3.8) is 0 Å². The smallest absolute Gasteiger partial charge is 0.315 e. The van der Waals surface area contributed by atoms with Crippen LogP contribution in [0.25, 0.3) is 10.9 Å². The van der Waals surface area contributed by atoms with Gasteiger partial charge in [-0.05, 0) is 79.5 Å². The molecule has 1 aromatic heterocycles. The average Bonchev–Trinajstić information content (AvgIpc) is 3.62. The van der Waals surface area contributed by atoms with Gasteiger partial charge in [0.1, 0.15) is 23.9 Å². The lowest BCUT2D eigenvalue weighted by Gasteiger charge is -2.30. The zero-order chi connectivity index (χ0) is 65.6. The Morgan fingerprint density at radius 1 is 0.708 bits per heavy atom. The maximum atomic E-state index is 14.3. The Kier molecular flexibility index (Phi) is 26.8. The zero-order valence-electron chi connectivity index (χ0n) is 51.0. The number of β-amino-alcohol motifs (C(OH)–C–C–N with tert-alkyl or cyclic N) is 1. The first-order chi connectivity index (χ1) is 42.1. The first-order valence-electron chi connectivity index (χ1n) is 29.5. The number of aliphatic hydroxyl groups excluding tert-OH is 2. The number of para-hydroxylation sites is 1. The van der Waals surface area contributed by atoms with Crippen LogP contribution in [0.5, 0.6) is 5.75 Å². The summed E-state index contributed by atoms with van der Waals surface area (Å²) in [6.45, 7) is 7.04. The van der Waals surface area contributed by atoms with Gasteiger partial charge in [-0.3, -0.25) is 52.9 Å². The molecule has 4 aromatic rings. The number of aliphatic hydroxyl groups is 2. The summed E-state index contributed by atoms with van der Waals surface area (Å²) in [4.78, 5) is 158. The second-order valence-corrected chi connectivity index (χ2v) is 23.0. The Hall–Kier alpha value is -9.24. The number of hydrogen-bond acceptors (Lipinski definition) is 15. The lowest BCUT2D eigenvalue weighted by molar-refractivity contribution is -0.142. The second kappa shape index (κ2) is 33.8. The number of Topliss-reactive ketones (excluding diaryl/α,β-unsaturated/α-hetero) is 3. The molecule has 1 aliphatic heterocycles. The van der Waals surface area contributed by atoms with Gasteiger partial charge in [0.05, 0.1) is 49.2 Å². The number of carbonyl (C=O) groups is 11. The minimum atomic E-state index is -1.72. The summed E-state index contributed by atoms with van der Waals surface area (Å²) in [6.07, 6.45) is -2.90. The van der Waals surface area contributed by atoms with Gasteiger partial charge in [-0.15, -0.1) is 0 Å². The molecule has 1 saturated heterocycles. The molecule has 0 saturated carbocycles. The first kappa shape index (κ1) is 70.5. The van der Waals surface area contributed by atoms with Crippen molar-refractivity contribution in [3.05, 3.63) is 101 Å². The quantitative estimate of drug-likeness (QED) is 0.0161. The molecule has 2 heterocycles. The first-order valence-corrected chi connectivity index (χ1v) is 29.5. The van der Waals surface area contributed by atoms with E-state index in [1.165, 1.54) is 45.2 Å². The molecular formula is C62H85N13O14. The van der Waals surface area contributed by atoms with Crippen molar-refractivity contribution in [3.8, 4) is 5.75 Å². The average molecular weight is 1240 g/mol. The van der Waals surface area contributed by atoms with E-state index in [9.17, 15) is 68.1 Å². The van der Waals surface area contributed by atoms with Crippen LogP contribution in [-0.2, 0) is 67.2 Å². The fourth-order valence-corrected chi connectivity index (χ4v) is 10.6. The summed E-state index contributed by atoms with van der Waals surface area (Å²) < 4.78 is 0. The highest BCUT2D eigenvalue weighted by atomic mass is 16.3. The van der Waals surface area contributed by atoms with Crippen molar-refractivity contribution in [2.75, 3.05) is 26.7 Å². The van der Waals surface area contributed by atoms with Crippen LogP contribution in [0.1, 0.15) is 94.9 Å². The van der Waals surface area contributed by atoms with Gasteiger partial charge in [0.25, 0.3) is 0 Å². The van der Waals surface area contributed by atoms with Gasteiger partial charge in [-0.2, -0.15) is 0 Å². The lowest BCUT2D eigenvalue weighted by atomic mass is 9.90. The number of guanidine groups is 1. The molecule has 0 aliphatic carbocycles. The monoisotopic (exact) mass is 1240 g/mol. The number of aromatic hydroxyl groups is 1. The number of benzene rings is 3. The van der Waals surface area contributed by atoms with Gasteiger partial charge < -0.3 is 79.6 Å². The highest BCUT2D eigenvalue weighted by Crippen LogP contribution is 2.24. The number of amides is 9. The highest BCUT2D eigenvalue weighted by molar-refractivity contribution is 6.00. The van der Waals surface area contributed by atoms with Crippen LogP contribution in [0.3, 0.4) is 0 Å². The maximum Gasteiger partial charge on any atom is 0.315 e. The summed E-state index contributed by atoms with van der Waals surface area (Å²) in [5.74, 6) is -10.7. The molecule has 17 N–H and O–H groups in total. The number of urea groups is 1. The van der Waals surface area contributed by atoms with E-state index in [0.29, 0.717) is 17.5 Å². The third-order valence-electron chi connectivity index (χ3n) is 15.4. The van der Waals surface area contributed by atoms with Crippen LogP contribution in [0.15, 0.2) is 84.0 Å². The van der Waals surface area contributed by atoms with Crippen LogP contribution < -0.4 is 54.4 Å². The Morgan fingerprint density at radius 3 is 2.00 bits per heavy atom. The lowest BCUT2D eigenvalue weighted by Crippen LogP contribution is -2.56. The number of likely N-dealkylation sites (tertiary alicyclic amines) is 1. The van der Waals surface area contributed by atoms with Crippen molar-refractivity contribution in [2.24, 2.45) is 39.9 Å². The number of aromatic nitrogens is 1. The van der Waals surface area contributed by atoms with Crippen LogP contribution in [0.4, 0.5) is 4.79 Å². The third-order valence-corrected chi connectivity index (χ3v) is 15.4. The number of ketones is 3. The molecule has 0 radical (unpaired) electrons. The number of aryl methyl sites for hydroxylation is 1. The molecule has 0 unspecified atom stereocenters. The number of H-pyrrole nitrogens is 1. The Bertz CT molecular complexity index is 3200. The SMILES string of the molecule is CN=C(N)NCCC[C@H](CC(=O)[C@H](CC(C)C)NC(=O)NCC(=O)[C@H](Cc1ccccc1C)NC(=O)[C@@H](CC(=O)[C@H](CC(N)=O)NC(=O)[C@@H]1C[C@@H](O)CN1C(=O)[C@@H](Cc1ccc(O)cc1)NC(C)=O)[C@@H](C)O)C(=O)N[C@@H](Cc1c[nH]c2ccccc12)C(N)=O. The molecule has 482 valence electrons. The number of aromatic amines is 1. The molecular weight excluding hydrogens is 1150 g/mol. The number of nitrogens with zero attached hydrogens (tertiary/aromatic N) is 2. The molecule has 1 fully saturated rings. The molecule has 0 bridgehead atoms. The van der Waals surface area contributed by atoms with Crippen molar-refractivity contribution in [2.45, 2.75) is 147 Å². The van der Waals surface area contributed by atoms with Crippen LogP contribution in [-0.4, -0.2) is 171 Å². The van der Waals surface area contributed by atoms with Gasteiger partial charge in [0.2, 0.25) is 41.4 Å². The van der Waals surface area contributed by atoms with Gasteiger partial charge >= 0.3 is 6.03 Å². The van der Waals surface area contributed by atoms with E-state index in [4.69, 9.17) is 17.2 Å². The van der Waals surface area contributed by atoms with Gasteiger partial charge in [-0.25, -0.2) is 4.79 Å². The van der Waals surface area contributed by atoms with Crippen LogP contribution >= 0.6 is 0 Å². The summed E-state index contributed by atoms with van der Waals surface area (Å²) in [5, 5.41) is 50.7. The molecule has 89 heavy (non-hydrogen) atoms. The number of carbonyl (C=O) groups excluding carboxylic acids is 11. The molecule has 10 atom stereocenters. The molecule has 3 aromatic carbocycles. The molecule has 9 amide bonds. The number of phenolic OH excluding ortho intramolecular Hbond substituents is 1. The number of fused-ring (bicyclic) bond motifs is 1. The standard InChI is InChI=1S/C62H85N13O14/c1-33(2)22-46(52(80)26-39(14-11-21-67-61(65)66-6)57(85)73-49(56(64)84)25-40-30-68-45-16-10-9-15-43(40)45)74-62(89)69-31-54(82)47(24-38-13-8-7-12-34(38)3)71-58(86)44(35(4)76)28-53(81)48(29-55(63)83)72-59(87)51-27-42(79)32-75(51)60(88)50(70-36(5)77)23-37-17-19-41(78)20-18-37/h7-10,12-13,15-20,30,33,35,39,42,44,46-51,68,76,78-79H,11,14,21-29,31-32H2,1-6H3,(H2,63,83)(H2,64,84)(H,70,77)(H,71,86)(H,72,87)(H,73,85)(H3,65,66,67)(H2,69,74,89)/t35-,39-,42-,44+,46+,47+,48+,49+,50-,51+/m1/s1. The largest absolute Gasteiger partial charge is 0.508 e. The summed E-state index contributed by atoms with van der Waals surface area (Å²) >= 11 is 0. The van der Waals surface area contributed by atoms with Gasteiger partial charge in [0, 0.05) is 88.6 Å². The zero-order valence-corrected chi connectivity index (χ0v) is 51.0. The van der Waals surface area contributed by atoms with Crippen molar-refractivity contribution in [1.82, 2.24) is 47.1 Å². The fourth-order valence-electron chi connectivity index (χ4n) is 10.6. The van der Waals surface area contributed by atoms with Crippen molar-refractivity contribution >= 4 is 81.6 Å². The molecule has 5 rings (SSSR count). The van der Waals surface area contributed by atoms with Gasteiger partial charge in [-0.1, -0.05) is 68.4 Å². The normalized spacial score (nSPS) is 16.7. The van der Waals surface area contributed by atoms with Crippen LogP contribution in [0, 0.1) is 24.7 Å². The number of rotatable bonds is 34. The number of hydrogen-bond donors (Lipinski definition) is 14. The number of phenols is 1. The van der Waals surface area contributed by atoms with E-state index in [2.05, 4.69) is 47.2 Å². The van der Waals surface area contributed by atoms with E-state index >= 15 is 0 Å². The number of nitrogens with one attached hydrogen (secondary N) is 8. The summed E-state index contributed by atoms with van der Waals surface area (Å²) in [7, 11) is 1.50. The number of nitrogens with two attached hydrogens (primary N) is 3. The Balaban J connectivity index is 1.29. The number of primary amides is 2. The molecule has 0 spiro atoms. The van der Waals surface area contributed by atoms with E-state index < -0.39 is 144 Å². The maximum absolute atomic E-state index is 14.3. The summed E-state index contributed by atoms with van der Waals surface area (Å²) in [5.41, 5.74) is 20.6. The molecule has 27 heteroatoms. The Morgan fingerprint density at radius 2 is 1.36 bits per heavy atom. The summed E-state index contributed by atoms with van der Waals surface area (Å²) in [6, 6.07) is 11.2. The van der Waals surface area contributed by atoms with E-state index in [-0.39, 0.29) is 75.7 Å². The predicted molar refractivity (Wildman–Crippen MR) is 329 cm³/mol. The fraction of sp³-hybridized carbons (Fsp3) is 0.484. The molecule has 27 nitrogen and oxygen atoms in total. The highest BCUT2D eigenvalue weighted by Gasteiger charge is 2.43. The topological polar surface area (TPSA) is 442 Å². The predicted octanol–water partition coefficient (Wildman–Crippen LogP) is -0.380. The second-order valence-electron chi connectivity index (χ2n) is 23.0. The van der Waals surface area contributed by atoms with Gasteiger partial charge in [0.15, 0.2) is 23.3 Å². The third kappa shape index (κ3) is 21.8. The van der Waals surface area contributed by atoms with E-state index in [0.717, 1.165) is 26.9 Å². The van der Waals surface area contributed by atoms with Crippen LogP contribution in [0.2, 0.25) is 0 Å². The minimum Gasteiger partial charge on any atom is -0.508 e. The number of aliphatic imine (C=N–C) groups is 1. The van der Waals surface area contributed by atoms with Crippen molar-refractivity contribution in [1.29, 1.82) is 0 Å². The molecule has 1 aliphatic rings. The minimum absolute atomic E-state index is 0.0399. The van der Waals surface area contributed by atoms with E-state index in [1.807, 2.05) is 38.1 Å². The van der Waals surface area contributed by atoms with Crippen molar-refractivity contribution < 1.29 is 68.1 Å². The Labute approximate surface area is 515 Å². The van der Waals surface area contributed by atoms with E-state index in [1.54, 1.807) is 37.4 Å².